The van der Waals surface area contributed by atoms with E-state index in [1.54, 1.807) is 11.8 Å². The quantitative estimate of drug-likeness (QED) is 0.400. The second kappa shape index (κ2) is 7.82. The van der Waals surface area contributed by atoms with Gasteiger partial charge < -0.3 is 9.30 Å². The van der Waals surface area contributed by atoms with E-state index >= 15 is 0 Å². The van der Waals surface area contributed by atoms with Crippen LogP contribution in [0.4, 0.5) is 0 Å². The lowest BCUT2D eigenvalue weighted by Crippen LogP contribution is -2.33. The summed E-state index contributed by atoms with van der Waals surface area (Å²) in [6, 6.07) is 10.3. The number of ether oxygens (including phenoxy) is 1. The zero-order valence-electron chi connectivity index (χ0n) is 16.4. The summed E-state index contributed by atoms with van der Waals surface area (Å²) in [6.07, 6.45) is 5.86. The largest absolute Gasteiger partial charge is 0.492 e. The Labute approximate surface area is 183 Å². The first kappa shape index (κ1) is 19.2. The van der Waals surface area contributed by atoms with Gasteiger partial charge in [-0.25, -0.2) is 0 Å². The van der Waals surface area contributed by atoms with Gasteiger partial charge in [-0.15, -0.1) is 0 Å². The number of likely N-dealkylation sites (tertiary alicyclic amines) is 1. The summed E-state index contributed by atoms with van der Waals surface area (Å²) < 4.78 is 9.29. The second-order valence-electron chi connectivity index (χ2n) is 7.79. The maximum absolute atomic E-state index is 12.9. The van der Waals surface area contributed by atoms with Crippen molar-refractivity contribution in [2.75, 3.05) is 26.2 Å². The standard InChI is InChI=1S/C23H23BrN2O2S/c1-15-14-26-19-11-16(24)5-6-20(19)29-21-13-17(12-18(22(21)26)23(15)27)28-10-9-25-7-3-2-4-8-25/h5-6,11-14H,2-4,7-10H2,1H3. The minimum Gasteiger partial charge on any atom is -0.492 e. The van der Waals surface area contributed by atoms with Crippen molar-refractivity contribution in [1.29, 1.82) is 0 Å². The molecule has 0 spiro atoms. The van der Waals surface area contributed by atoms with Gasteiger partial charge in [-0.3, -0.25) is 9.69 Å². The fourth-order valence-electron chi connectivity index (χ4n) is 4.24. The molecule has 0 saturated carbocycles. The molecule has 4 nitrogen and oxygen atoms in total. The van der Waals surface area contributed by atoms with E-state index in [9.17, 15) is 4.79 Å². The highest BCUT2D eigenvalue weighted by Crippen LogP contribution is 2.44. The number of aryl methyl sites for hydroxylation is 1. The Bertz CT molecular complexity index is 1150. The molecule has 0 aliphatic carbocycles. The molecule has 6 heteroatoms. The fraction of sp³-hybridized carbons (Fsp3) is 0.348. The smallest absolute Gasteiger partial charge is 0.192 e. The van der Waals surface area contributed by atoms with Gasteiger partial charge in [0.15, 0.2) is 5.43 Å². The molecule has 0 N–H and O–H groups in total. The van der Waals surface area contributed by atoms with Crippen LogP contribution in [0.25, 0.3) is 16.6 Å². The molecule has 0 radical (unpaired) electrons. The number of rotatable bonds is 4. The van der Waals surface area contributed by atoms with E-state index in [1.807, 2.05) is 19.2 Å². The Kier molecular flexibility index (Phi) is 5.18. The van der Waals surface area contributed by atoms with Crippen molar-refractivity contribution in [3.05, 3.63) is 56.8 Å². The van der Waals surface area contributed by atoms with Crippen molar-refractivity contribution in [1.82, 2.24) is 9.47 Å². The van der Waals surface area contributed by atoms with E-state index in [4.69, 9.17) is 4.74 Å². The van der Waals surface area contributed by atoms with Crippen molar-refractivity contribution in [3.8, 4) is 11.4 Å². The van der Waals surface area contributed by atoms with Crippen LogP contribution in [-0.2, 0) is 0 Å². The molecule has 3 aromatic rings. The molecule has 150 valence electrons. The van der Waals surface area contributed by atoms with Gasteiger partial charge >= 0.3 is 0 Å². The van der Waals surface area contributed by atoms with Crippen LogP contribution in [0.5, 0.6) is 5.75 Å². The van der Waals surface area contributed by atoms with E-state index in [0.717, 1.165) is 43.8 Å². The van der Waals surface area contributed by atoms with Gasteiger partial charge in [-0.1, -0.05) is 34.1 Å². The third-order valence-electron chi connectivity index (χ3n) is 5.74. The number of benzene rings is 2. The lowest BCUT2D eigenvalue weighted by Gasteiger charge is -2.26. The Morgan fingerprint density at radius 2 is 1.93 bits per heavy atom. The Balaban J connectivity index is 1.52. The van der Waals surface area contributed by atoms with Crippen LogP contribution in [0, 0.1) is 6.92 Å². The molecule has 3 heterocycles. The molecule has 1 aromatic heterocycles. The maximum atomic E-state index is 12.9. The summed E-state index contributed by atoms with van der Waals surface area (Å²) in [5.74, 6) is 0.784. The SMILES string of the molecule is Cc1cn2c3c(cc(OCCN4CCCCC4)cc3c1=O)Sc1ccc(Br)cc1-2. The van der Waals surface area contributed by atoms with Crippen molar-refractivity contribution < 1.29 is 4.74 Å². The van der Waals surface area contributed by atoms with Gasteiger partial charge in [0, 0.05) is 32.6 Å². The van der Waals surface area contributed by atoms with Gasteiger partial charge in [-0.05, 0) is 63.2 Å². The Morgan fingerprint density at radius 1 is 1.10 bits per heavy atom. The molecule has 0 amide bonds. The molecule has 5 rings (SSSR count). The molecule has 1 saturated heterocycles. The van der Waals surface area contributed by atoms with Gasteiger partial charge in [-0.2, -0.15) is 0 Å². The normalized spacial score (nSPS) is 16.1. The highest BCUT2D eigenvalue weighted by atomic mass is 79.9. The third kappa shape index (κ3) is 3.62. The molecule has 2 aliphatic rings. The topological polar surface area (TPSA) is 34.5 Å². The second-order valence-corrected chi connectivity index (χ2v) is 9.79. The highest BCUT2D eigenvalue weighted by molar-refractivity contribution is 9.10. The molecular weight excluding hydrogens is 448 g/mol. The number of fused-ring (bicyclic) bond motifs is 2. The monoisotopic (exact) mass is 470 g/mol. The minimum absolute atomic E-state index is 0.0815. The molecule has 2 aromatic carbocycles. The first-order valence-electron chi connectivity index (χ1n) is 10.1. The first-order chi connectivity index (χ1) is 14.1. The zero-order chi connectivity index (χ0) is 20.0. The lowest BCUT2D eigenvalue weighted by molar-refractivity contribution is 0.183. The Hall–Kier alpha value is -1.76. The van der Waals surface area contributed by atoms with E-state index in [2.05, 4.69) is 49.7 Å². The van der Waals surface area contributed by atoms with E-state index in [-0.39, 0.29) is 5.43 Å². The maximum Gasteiger partial charge on any atom is 0.192 e. The van der Waals surface area contributed by atoms with Crippen molar-refractivity contribution in [2.24, 2.45) is 0 Å². The van der Waals surface area contributed by atoms with Gasteiger partial charge in [0.25, 0.3) is 0 Å². The average molecular weight is 471 g/mol. The van der Waals surface area contributed by atoms with Crippen LogP contribution in [0.3, 0.4) is 0 Å². The first-order valence-corrected chi connectivity index (χ1v) is 11.7. The van der Waals surface area contributed by atoms with Crippen LogP contribution in [0.2, 0.25) is 0 Å². The lowest BCUT2D eigenvalue weighted by atomic mass is 10.1. The van der Waals surface area contributed by atoms with Crippen molar-refractivity contribution in [3.63, 3.8) is 0 Å². The molecule has 29 heavy (non-hydrogen) atoms. The highest BCUT2D eigenvalue weighted by Gasteiger charge is 2.22. The number of hydrogen-bond donors (Lipinski definition) is 0. The number of pyridine rings is 1. The summed E-state index contributed by atoms with van der Waals surface area (Å²) in [5.41, 5.74) is 2.90. The van der Waals surface area contributed by atoms with Crippen LogP contribution in [0.1, 0.15) is 24.8 Å². The number of nitrogens with zero attached hydrogens (tertiary/aromatic N) is 2. The van der Waals surface area contributed by atoms with Crippen LogP contribution in [-0.4, -0.2) is 35.7 Å². The van der Waals surface area contributed by atoms with Gasteiger partial charge in [0.05, 0.1) is 16.6 Å². The summed E-state index contributed by atoms with van der Waals surface area (Å²) in [4.78, 5) is 17.6. The van der Waals surface area contributed by atoms with Crippen LogP contribution >= 0.6 is 27.7 Å². The van der Waals surface area contributed by atoms with E-state index in [0.29, 0.717) is 6.61 Å². The van der Waals surface area contributed by atoms with Gasteiger partial charge in [0.2, 0.25) is 0 Å². The van der Waals surface area contributed by atoms with E-state index < -0.39 is 0 Å². The van der Waals surface area contributed by atoms with Crippen molar-refractivity contribution in [2.45, 2.75) is 36.0 Å². The molecule has 0 bridgehead atoms. The predicted molar refractivity (Wildman–Crippen MR) is 122 cm³/mol. The average Bonchev–Trinajstić information content (AvgIpc) is 2.73. The Morgan fingerprint density at radius 3 is 2.76 bits per heavy atom. The van der Waals surface area contributed by atoms with Crippen LogP contribution in [0.15, 0.2) is 55.6 Å². The molecule has 0 unspecified atom stereocenters. The van der Waals surface area contributed by atoms with Gasteiger partial charge in [0.1, 0.15) is 12.4 Å². The predicted octanol–water partition coefficient (Wildman–Crippen LogP) is 5.39. The zero-order valence-corrected chi connectivity index (χ0v) is 18.8. The fourth-order valence-corrected chi connectivity index (χ4v) is 5.71. The number of hydrogen-bond acceptors (Lipinski definition) is 4. The summed E-state index contributed by atoms with van der Waals surface area (Å²) >= 11 is 5.28. The molecule has 0 atom stereocenters. The molecule has 2 aliphatic heterocycles. The number of halogens is 1. The number of aromatic nitrogens is 1. The summed E-state index contributed by atoms with van der Waals surface area (Å²) in [5, 5.41) is 0.730. The van der Waals surface area contributed by atoms with E-state index in [1.165, 1.54) is 37.2 Å². The number of piperidine rings is 1. The third-order valence-corrected chi connectivity index (χ3v) is 7.33. The molecular formula is C23H23BrN2O2S. The molecule has 1 fully saturated rings. The van der Waals surface area contributed by atoms with Crippen molar-refractivity contribution >= 4 is 38.6 Å². The summed E-state index contributed by atoms with van der Waals surface area (Å²) in [6.45, 7) is 5.81. The summed E-state index contributed by atoms with van der Waals surface area (Å²) in [7, 11) is 0. The minimum atomic E-state index is 0.0815. The van der Waals surface area contributed by atoms with Crippen LogP contribution < -0.4 is 10.2 Å².